The van der Waals surface area contributed by atoms with Crippen molar-refractivity contribution >= 4 is 29.3 Å². The lowest BCUT2D eigenvalue weighted by atomic mass is 9.97. The van der Waals surface area contributed by atoms with Crippen LogP contribution in [0.5, 0.6) is 0 Å². The molecule has 1 unspecified atom stereocenters. The van der Waals surface area contributed by atoms with Gasteiger partial charge in [-0.2, -0.15) is 13.2 Å². The molecule has 0 saturated carbocycles. The highest BCUT2D eigenvalue weighted by Gasteiger charge is 2.33. The third-order valence-corrected chi connectivity index (χ3v) is 5.79. The molecule has 1 fully saturated rings. The first kappa shape index (κ1) is 18.9. The summed E-state index contributed by atoms with van der Waals surface area (Å²) in [5.41, 5.74) is 5.06. The Morgan fingerprint density at radius 1 is 1.27 bits per heavy atom. The van der Waals surface area contributed by atoms with Crippen molar-refractivity contribution in [1.82, 2.24) is 4.90 Å². The van der Waals surface area contributed by atoms with Crippen molar-refractivity contribution in [2.45, 2.75) is 23.9 Å². The molecule has 0 aliphatic carbocycles. The molecule has 2 N–H and O–H groups in total. The summed E-state index contributed by atoms with van der Waals surface area (Å²) >= 11 is 1.48. The van der Waals surface area contributed by atoms with Crippen LogP contribution in [0.1, 0.15) is 18.4 Å². The van der Waals surface area contributed by atoms with E-state index in [9.17, 15) is 22.8 Å². The van der Waals surface area contributed by atoms with Gasteiger partial charge in [0.25, 0.3) is 0 Å². The van der Waals surface area contributed by atoms with Crippen LogP contribution in [0.25, 0.3) is 0 Å². The zero-order chi connectivity index (χ0) is 18.9. The number of primary amides is 1. The second kappa shape index (κ2) is 7.38. The van der Waals surface area contributed by atoms with E-state index in [2.05, 4.69) is 0 Å². The Morgan fingerprint density at radius 3 is 2.73 bits per heavy atom. The van der Waals surface area contributed by atoms with E-state index >= 15 is 0 Å². The van der Waals surface area contributed by atoms with Crippen molar-refractivity contribution in [3.8, 4) is 0 Å². The van der Waals surface area contributed by atoms with E-state index in [0.717, 1.165) is 17.0 Å². The molecule has 2 aliphatic heterocycles. The predicted molar refractivity (Wildman–Crippen MR) is 92.9 cm³/mol. The molecule has 0 spiro atoms. The summed E-state index contributed by atoms with van der Waals surface area (Å²) in [6.45, 7) is 1.32. The Morgan fingerprint density at radius 2 is 2.04 bits per heavy atom. The lowest BCUT2D eigenvalue weighted by molar-refractivity contribution is -0.137. The largest absolute Gasteiger partial charge is 0.416 e. The van der Waals surface area contributed by atoms with Crippen LogP contribution in [0, 0.1) is 5.92 Å². The molecule has 1 aromatic carbocycles. The second-order valence-corrected chi connectivity index (χ2v) is 7.67. The number of thioether (sulfide) groups is 1. The Labute approximate surface area is 153 Å². The third kappa shape index (κ3) is 4.08. The van der Waals surface area contributed by atoms with Crippen LogP contribution in [0.3, 0.4) is 0 Å². The molecule has 5 nitrogen and oxygen atoms in total. The number of carbonyl (C=O) groups excluding carboxylic acids is 2. The SMILES string of the molecule is NC(=O)C1CCCN(C(=O)CN2CCSc3ccc(C(F)(F)F)cc32)C1. The van der Waals surface area contributed by atoms with Crippen molar-refractivity contribution in [3.05, 3.63) is 23.8 Å². The number of fused-ring (bicyclic) bond motifs is 1. The maximum Gasteiger partial charge on any atom is 0.416 e. The fraction of sp³-hybridized carbons (Fsp3) is 0.529. The molecular weight excluding hydrogens is 367 g/mol. The fourth-order valence-electron chi connectivity index (χ4n) is 3.31. The average Bonchev–Trinajstić information content (AvgIpc) is 2.61. The van der Waals surface area contributed by atoms with Gasteiger partial charge in [-0.3, -0.25) is 9.59 Å². The number of hydrogen-bond acceptors (Lipinski definition) is 4. The van der Waals surface area contributed by atoms with Gasteiger partial charge in [-0.25, -0.2) is 0 Å². The number of carbonyl (C=O) groups is 2. The average molecular weight is 387 g/mol. The Hall–Kier alpha value is -1.90. The summed E-state index contributed by atoms with van der Waals surface area (Å²) in [5, 5.41) is 0. The van der Waals surface area contributed by atoms with Gasteiger partial charge in [-0.1, -0.05) is 0 Å². The van der Waals surface area contributed by atoms with Gasteiger partial charge in [0.15, 0.2) is 0 Å². The molecule has 1 saturated heterocycles. The van der Waals surface area contributed by atoms with Crippen LogP contribution < -0.4 is 10.6 Å². The first-order chi connectivity index (χ1) is 12.3. The van der Waals surface area contributed by atoms with Crippen LogP contribution in [-0.4, -0.2) is 48.6 Å². The van der Waals surface area contributed by atoms with Gasteiger partial charge in [0.1, 0.15) is 0 Å². The van der Waals surface area contributed by atoms with Gasteiger partial charge < -0.3 is 15.5 Å². The third-order valence-electron chi connectivity index (χ3n) is 4.75. The number of nitrogens with two attached hydrogens (primary N) is 1. The Kier molecular flexibility index (Phi) is 5.36. The van der Waals surface area contributed by atoms with E-state index in [-0.39, 0.29) is 24.9 Å². The summed E-state index contributed by atoms with van der Waals surface area (Å²) in [6.07, 6.45) is -3.06. The maximum absolute atomic E-state index is 13.0. The highest BCUT2D eigenvalue weighted by Crippen LogP contribution is 2.39. The van der Waals surface area contributed by atoms with E-state index < -0.39 is 17.6 Å². The lowest BCUT2D eigenvalue weighted by Gasteiger charge is -2.35. The molecule has 26 heavy (non-hydrogen) atoms. The van der Waals surface area contributed by atoms with Crippen molar-refractivity contribution in [2.24, 2.45) is 11.7 Å². The fourth-order valence-corrected chi connectivity index (χ4v) is 4.34. The van der Waals surface area contributed by atoms with Crippen LogP contribution in [0.4, 0.5) is 18.9 Å². The van der Waals surface area contributed by atoms with E-state index in [4.69, 9.17) is 5.73 Å². The number of benzene rings is 1. The number of alkyl halides is 3. The summed E-state index contributed by atoms with van der Waals surface area (Å²) in [4.78, 5) is 28.0. The molecule has 1 aromatic rings. The monoisotopic (exact) mass is 387 g/mol. The molecule has 0 aromatic heterocycles. The van der Waals surface area contributed by atoms with Crippen molar-refractivity contribution < 1.29 is 22.8 Å². The smallest absolute Gasteiger partial charge is 0.369 e. The molecule has 2 aliphatic rings. The number of anilines is 1. The summed E-state index contributed by atoms with van der Waals surface area (Å²) < 4.78 is 39.0. The normalized spacial score (nSPS) is 20.7. The highest BCUT2D eigenvalue weighted by atomic mass is 32.2. The molecule has 2 heterocycles. The van der Waals surface area contributed by atoms with E-state index in [0.29, 0.717) is 37.4 Å². The van der Waals surface area contributed by atoms with Gasteiger partial charge in [0, 0.05) is 30.3 Å². The molecule has 1 atom stereocenters. The van der Waals surface area contributed by atoms with Gasteiger partial charge in [-0.05, 0) is 31.0 Å². The quantitative estimate of drug-likeness (QED) is 0.865. The molecule has 9 heteroatoms. The van der Waals surface area contributed by atoms with Crippen molar-refractivity contribution in [2.75, 3.05) is 36.8 Å². The second-order valence-electron chi connectivity index (χ2n) is 6.53. The minimum Gasteiger partial charge on any atom is -0.369 e. The standard InChI is InChI=1S/C17H20F3N3O2S/c18-17(19,20)12-3-4-14-13(8-12)22(6-7-26-14)10-15(24)23-5-1-2-11(9-23)16(21)25/h3-4,8,11H,1-2,5-7,9-10H2,(H2,21,25). The molecule has 2 amide bonds. The molecule has 3 rings (SSSR count). The minimum absolute atomic E-state index is 0.000350. The zero-order valence-corrected chi connectivity index (χ0v) is 14.9. The summed E-state index contributed by atoms with van der Waals surface area (Å²) in [5.74, 6) is -0.257. The molecular formula is C17H20F3N3O2S. The Balaban J connectivity index is 1.75. The molecule has 142 valence electrons. The van der Waals surface area contributed by atoms with Crippen LogP contribution >= 0.6 is 11.8 Å². The summed E-state index contributed by atoms with van der Waals surface area (Å²) in [7, 11) is 0. The Bertz CT molecular complexity index is 711. The van der Waals surface area contributed by atoms with Gasteiger partial charge >= 0.3 is 6.18 Å². The number of amides is 2. The predicted octanol–water partition coefficient (Wildman–Crippen LogP) is 2.34. The van der Waals surface area contributed by atoms with Crippen LogP contribution in [-0.2, 0) is 15.8 Å². The van der Waals surface area contributed by atoms with Crippen LogP contribution in [0.2, 0.25) is 0 Å². The van der Waals surface area contributed by atoms with Gasteiger partial charge in [-0.15, -0.1) is 11.8 Å². The number of likely N-dealkylation sites (tertiary alicyclic amines) is 1. The van der Waals surface area contributed by atoms with Crippen molar-refractivity contribution in [1.29, 1.82) is 0 Å². The number of hydrogen-bond donors (Lipinski definition) is 1. The number of halogens is 3. The van der Waals surface area contributed by atoms with Crippen molar-refractivity contribution in [3.63, 3.8) is 0 Å². The number of piperidine rings is 1. The van der Waals surface area contributed by atoms with Gasteiger partial charge in [0.05, 0.1) is 23.7 Å². The van der Waals surface area contributed by atoms with E-state index in [1.807, 2.05) is 0 Å². The topological polar surface area (TPSA) is 66.6 Å². The summed E-state index contributed by atoms with van der Waals surface area (Å²) in [6, 6.07) is 3.64. The van der Waals surface area contributed by atoms with E-state index in [1.165, 1.54) is 17.8 Å². The van der Waals surface area contributed by atoms with Crippen LogP contribution in [0.15, 0.2) is 23.1 Å². The highest BCUT2D eigenvalue weighted by molar-refractivity contribution is 7.99. The number of rotatable bonds is 3. The van der Waals surface area contributed by atoms with Gasteiger partial charge in [0.2, 0.25) is 11.8 Å². The first-order valence-electron chi connectivity index (χ1n) is 8.42. The first-order valence-corrected chi connectivity index (χ1v) is 9.40. The molecule has 0 bridgehead atoms. The lowest BCUT2D eigenvalue weighted by Crippen LogP contribution is -2.48. The maximum atomic E-state index is 13.0. The molecule has 0 radical (unpaired) electrons. The number of nitrogens with zero attached hydrogens (tertiary/aromatic N) is 2. The minimum atomic E-state index is -4.42. The zero-order valence-electron chi connectivity index (χ0n) is 14.1. The van der Waals surface area contributed by atoms with E-state index in [1.54, 1.807) is 9.80 Å².